The summed E-state index contributed by atoms with van der Waals surface area (Å²) in [7, 11) is 0. The van der Waals surface area contributed by atoms with Crippen LogP contribution in [0.4, 0.5) is 0 Å². The summed E-state index contributed by atoms with van der Waals surface area (Å²) in [4.78, 5) is 42.0. The molecule has 2 aliphatic rings. The number of rotatable bonds is 10. The van der Waals surface area contributed by atoms with Gasteiger partial charge in [-0.05, 0) is 110 Å². The minimum atomic E-state index is -0.131. The van der Waals surface area contributed by atoms with Crippen molar-refractivity contribution < 1.29 is 19.8 Å². The molecule has 44 heavy (non-hydrogen) atoms. The molecule has 0 aromatic carbocycles. The molecule has 230 valence electrons. The molecule has 0 spiro atoms. The van der Waals surface area contributed by atoms with Crippen molar-refractivity contribution in [3.63, 3.8) is 0 Å². The van der Waals surface area contributed by atoms with E-state index in [1.54, 1.807) is 0 Å². The molecular weight excluding hydrogens is 556 g/mol. The number of H-pyrrole nitrogens is 2. The summed E-state index contributed by atoms with van der Waals surface area (Å²) in [6, 6.07) is 10.2. The van der Waals surface area contributed by atoms with Gasteiger partial charge in [0.05, 0.1) is 36.0 Å². The highest BCUT2D eigenvalue weighted by Crippen LogP contribution is 2.34. The van der Waals surface area contributed by atoms with Gasteiger partial charge >= 0.3 is 0 Å². The molecule has 2 amide bonds. The molecule has 5 heterocycles. The predicted molar refractivity (Wildman–Crippen MR) is 174 cm³/mol. The molecule has 8 bridgehead atoms. The number of aryl methyl sites for hydroxylation is 3. The average Bonchev–Trinajstić information content (AvgIpc) is 3.69. The Balaban J connectivity index is 1.72. The Kier molecular flexibility index (Phi) is 9.41. The summed E-state index contributed by atoms with van der Waals surface area (Å²) in [5, 5.41) is 23.7. The first-order chi connectivity index (χ1) is 21.2. The molecule has 0 fully saturated rings. The maximum atomic E-state index is 12.5. The number of fused-ring (bicyclic) bond motifs is 8. The van der Waals surface area contributed by atoms with Crippen LogP contribution in [0.15, 0.2) is 30.3 Å². The Morgan fingerprint density at radius 1 is 0.750 bits per heavy atom. The number of allylic oxidation sites excluding steroid dienone is 3. The number of aromatic amines is 2. The number of nitrogens with one attached hydrogen (secondary N) is 4. The van der Waals surface area contributed by atoms with E-state index in [2.05, 4.69) is 39.7 Å². The first-order valence-corrected chi connectivity index (χ1v) is 15.0. The van der Waals surface area contributed by atoms with E-state index in [0.29, 0.717) is 12.8 Å². The van der Waals surface area contributed by atoms with Gasteiger partial charge in [-0.15, -0.1) is 0 Å². The number of aromatic nitrogens is 4. The minimum Gasteiger partial charge on any atom is -0.395 e. The van der Waals surface area contributed by atoms with Crippen molar-refractivity contribution in [2.75, 3.05) is 26.3 Å². The van der Waals surface area contributed by atoms with Crippen LogP contribution in [0.2, 0.25) is 0 Å². The van der Waals surface area contributed by atoms with Crippen molar-refractivity contribution in [2.45, 2.75) is 53.4 Å². The van der Waals surface area contributed by atoms with Gasteiger partial charge in [-0.25, -0.2) is 9.97 Å². The zero-order valence-electron chi connectivity index (χ0n) is 25.7. The molecule has 3 aromatic heterocycles. The van der Waals surface area contributed by atoms with Crippen LogP contribution in [-0.2, 0) is 16.0 Å². The lowest BCUT2D eigenvalue weighted by Gasteiger charge is -2.06. The predicted octanol–water partition coefficient (Wildman–Crippen LogP) is 4.35. The average molecular weight is 597 g/mol. The smallest absolute Gasteiger partial charge is 0.220 e. The maximum Gasteiger partial charge on any atom is 0.220 e. The highest BCUT2D eigenvalue weighted by molar-refractivity contribution is 5.94. The van der Waals surface area contributed by atoms with E-state index in [-0.39, 0.29) is 51.0 Å². The van der Waals surface area contributed by atoms with Crippen molar-refractivity contribution in [1.29, 1.82) is 0 Å². The zero-order chi connectivity index (χ0) is 31.4. The first kappa shape index (κ1) is 30.9. The third-order valence-corrected chi connectivity index (χ3v) is 8.15. The summed E-state index contributed by atoms with van der Waals surface area (Å²) in [5.74, 6) is -0.258. The largest absolute Gasteiger partial charge is 0.395 e. The van der Waals surface area contributed by atoms with Crippen molar-refractivity contribution in [3.05, 3.63) is 69.8 Å². The van der Waals surface area contributed by atoms with Crippen molar-refractivity contribution in [2.24, 2.45) is 0 Å². The third kappa shape index (κ3) is 6.82. The second-order valence-electron chi connectivity index (χ2n) is 11.3. The van der Waals surface area contributed by atoms with Gasteiger partial charge in [-0.1, -0.05) is 0 Å². The fourth-order valence-electron chi connectivity index (χ4n) is 5.69. The van der Waals surface area contributed by atoms with Crippen LogP contribution in [0.1, 0.15) is 72.6 Å². The molecule has 3 aromatic rings. The Morgan fingerprint density at radius 2 is 1.43 bits per heavy atom. The van der Waals surface area contributed by atoms with Crippen LogP contribution >= 0.6 is 0 Å². The summed E-state index contributed by atoms with van der Waals surface area (Å²) >= 11 is 0. The first-order valence-electron chi connectivity index (χ1n) is 15.0. The van der Waals surface area contributed by atoms with E-state index in [1.807, 2.05) is 45.0 Å². The normalized spacial score (nSPS) is 12.8. The molecule has 5 rings (SSSR count). The molecule has 10 nitrogen and oxygen atoms in total. The van der Waals surface area contributed by atoms with Crippen LogP contribution in [0, 0.1) is 13.8 Å². The molecular formula is C34H40N6O4. The van der Waals surface area contributed by atoms with Gasteiger partial charge in [-0.2, -0.15) is 0 Å². The summed E-state index contributed by atoms with van der Waals surface area (Å²) in [6.07, 6.45) is 3.58. The standard InChI is InChI=1S/C34H40N6O4/c1-19-13-24-16-29-21(3)25(5-7-33(43)35-9-11-41)31(39-29)18-32-26(6-8-34(44)36-10-12-42)22(4)30(40-32)17-28-20(2)14-23(38-28)15-27(19)37-24/h13-18,37,40-42H,5-12H2,1-4H3,(H,35,43)(H,36,44). The lowest BCUT2D eigenvalue weighted by molar-refractivity contribution is -0.121. The Bertz CT molecular complexity index is 1830. The molecule has 0 aliphatic carbocycles. The summed E-state index contributed by atoms with van der Waals surface area (Å²) in [6.45, 7) is 8.40. The quantitative estimate of drug-likeness (QED) is 0.204. The van der Waals surface area contributed by atoms with Crippen LogP contribution in [-0.4, -0.2) is 68.3 Å². The third-order valence-electron chi connectivity index (χ3n) is 8.15. The molecule has 0 saturated carbocycles. The number of carbonyl (C=O) groups is 2. The number of aliphatic hydroxyl groups is 2. The topological polar surface area (TPSA) is 156 Å². The fraction of sp³-hybridized carbons (Fsp3) is 0.353. The lowest BCUT2D eigenvalue weighted by Crippen LogP contribution is -2.26. The van der Waals surface area contributed by atoms with Gasteiger partial charge in [-0.3, -0.25) is 9.59 Å². The van der Waals surface area contributed by atoms with Crippen molar-refractivity contribution >= 4 is 56.7 Å². The van der Waals surface area contributed by atoms with E-state index in [9.17, 15) is 9.59 Å². The van der Waals surface area contributed by atoms with E-state index in [1.165, 1.54) is 0 Å². The second kappa shape index (κ2) is 13.4. The highest BCUT2D eigenvalue weighted by atomic mass is 16.3. The van der Waals surface area contributed by atoms with Crippen molar-refractivity contribution in [1.82, 2.24) is 30.6 Å². The Morgan fingerprint density at radius 3 is 2.14 bits per heavy atom. The number of aliphatic hydroxyl groups excluding tert-OH is 2. The molecule has 6 N–H and O–H groups in total. The monoisotopic (exact) mass is 596 g/mol. The SMILES string of the molecule is CC1=Cc2cc3[nH]c(cc4nc(cc5[nH]c(cc1n2)c(C)c5CCC(=O)NCCO)C(CCC(=O)NCCO)=C4C)cc3C. The van der Waals surface area contributed by atoms with Gasteiger partial charge in [0.2, 0.25) is 11.8 Å². The number of hydrogen-bond acceptors (Lipinski definition) is 6. The van der Waals surface area contributed by atoms with E-state index < -0.39 is 0 Å². The van der Waals surface area contributed by atoms with E-state index in [4.69, 9.17) is 20.2 Å². The van der Waals surface area contributed by atoms with Crippen molar-refractivity contribution in [3.8, 4) is 0 Å². The van der Waals surface area contributed by atoms with Gasteiger partial charge in [0.15, 0.2) is 0 Å². The van der Waals surface area contributed by atoms with Gasteiger partial charge in [0, 0.05) is 48.0 Å². The van der Waals surface area contributed by atoms with Gasteiger partial charge in [0.25, 0.3) is 0 Å². The van der Waals surface area contributed by atoms with Crippen LogP contribution < -0.4 is 10.6 Å². The molecule has 0 unspecified atom stereocenters. The number of carbonyl (C=O) groups excluding carboxylic acids is 2. The second-order valence-corrected chi connectivity index (χ2v) is 11.3. The molecule has 0 atom stereocenters. The number of hydrogen-bond donors (Lipinski definition) is 6. The minimum absolute atomic E-state index is 0.107. The number of nitrogens with zero attached hydrogens (tertiary/aromatic N) is 2. The number of amides is 2. The Hall–Kier alpha value is -4.54. The molecule has 0 saturated heterocycles. The Labute approximate surface area is 256 Å². The summed E-state index contributed by atoms with van der Waals surface area (Å²) < 4.78 is 0. The van der Waals surface area contributed by atoms with Gasteiger partial charge in [0.1, 0.15) is 0 Å². The van der Waals surface area contributed by atoms with Gasteiger partial charge < -0.3 is 30.8 Å². The molecule has 10 heteroatoms. The van der Waals surface area contributed by atoms with Crippen LogP contribution in [0.25, 0.3) is 44.9 Å². The summed E-state index contributed by atoms with van der Waals surface area (Å²) in [5.41, 5.74) is 13.1. The molecule has 2 aliphatic heterocycles. The van der Waals surface area contributed by atoms with E-state index >= 15 is 0 Å². The lowest BCUT2D eigenvalue weighted by atomic mass is 10.00. The van der Waals surface area contributed by atoms with Crippen LogP contribution in [0.5, 0.6) is 0 Å². The fourth-order valence-corrected chi connectivity index (χ4v) is 5.69. The molecule has 0 radical (unpaired) electrons. The maximum absolute atomic E-state index is 12.5. The van der Waals surface area contributed by atoms with E-state index in [0.717, 1.165) is 78.3 Å². The zero-order valence-corrected chi connectivity index (χ0v) is 25.7. The highest BCUT2D eigenvalue weighted by Gasteiger charge is 2.19. The van der Waals surface area contributed by atoms with Crippen LogP contribution in [0.3, 0.4) is 0 Å².